The molecule has 0 aliphatic heterocycles. The predicted octanol–water partition coefficient (Wildman–Crippen LogP) is 2.65. The molecule has 1 rings (SSSR count). The second-order valence-corrected chi connectivity index (χ2v) is 5.68. The zero-order valence-corrected chi connectivity index (χ0v) is 11.7. The first-order valence-electron chi connectivity index (χ1n) is 6.28. The monoisotopic (exact) mass is 249 g/mol. The summed E-state index contributed by atoms with van der Waals surface area (Å²) in [5, 5.41) is 2.80. The van der Waals surface area contributed by atoms with Gasteiger partial charge in [-0.1, -0.05) is 32.9 Å². The molecular formula is C15H23NO2. The van der Waals surface area contributed by atoms with E-state index in [4.69, 9.17) is 4.74 Å². The smallest absolute Gasteiger partial charge is 0.251 e. The molecule has 0 aliphatic rings. The fourth-order valence-electron chi connectivity index (χ4n) is 1.76. The van der Waals surface area contributed by atoms with Gasteiger partial charge in [0.2, 0.25) is 0 Å². The van der Waals surface area contributed by atoms with Crippen LogP contribution in [0.3, 0.4) is 0 Å². The lowest BCUT2D eigenvalue weighted by atomic mass is 9.88. The highest BCUT2D eigenvalue weighted by Gasteiger charge is 2.11. The summed E-state index contributed by atoms with van der Waals surface area (Å²) in [7, 11) is 1.62. The molecule has 1 aromatic carbocycles. The Hall–Kier alpha value is -1.35. The van der Waals surface area contributed by atoms with Crippen molar-refractivity contribution < 1.29 is 9.53 Å². The molecule has 1 amide bonds. The summed E-state index contributed by atoms with van der Waals surface area (Å²) in [5.74, 6) is -0.0469. The number of methoxy groups -OCH3 is 1. The number of amides is 1. The van der Waals surface area contributed by atoms with Crippen LogP contribution in [0.1, 0.15) is 36.7 Å². The van der Waals surface area contributed by atoms with Gasteiger partial charge >= 0.3 is 0 Å². The number of rotatable bonds is 5. The largest absolute Gasteiger partial charge is 0.383 e. The molecule has 1 aromatic rings. The minimum atomic E-state index is -0.0469. The highest BCUT2D eigenvalue weighted by atomic mass is 16.5. The highest BCUT2D eigenvalue weighted by Crippen LogP contribution is 2.20. The zero-order chi connectivity index (χ0) is 13.6. The summed E-state index contributed by atoms with van der Waals surface area (Å²) < 4.78 is 4.89. The normalized spacial score (nSPS) is 11.3. The minimum absolute atomic E-state index is 0.0469. The van der Waals surface area contributed by atoms with Crippen molar-refractivity contribution in [1.82, 2.24) is 5.32 Å². The Morgan fingerprint density at radius 1 is 1.22 bits per heavy atom. The number of benzene rings is 1. The van der Waals surface area contributed by atoms with Crippen molar-refractivity contribution in [2.24, 2.45) is 5.41 Å². The van der Waals surface area contributed by atoms with Crippen molar-refractivity contribution in [2.45, 2.75) is 27.2 Å². The van der Waals surface area contributed by atoms with Crippen molar-refractivity contribution in [3.63, 3.8) is 0 Å². The van der Waals surface area contributed by atoms with Crippen LogP contribution in [-0.2, 0) is 11.2 Å². The van der Waals surface area contributed by atoms with Crippen LogP contribution < -0.4 is 5.32 Å². The van der Waals surface area contributed by atoms with Gasteiger partial charge in [0.1, 0.15) is 0 Å². The van der Waals surface area contributed by atoms with Gasteiger partial charge in [-0.2, -0.15) is 0 Å². The van der Waals surface area contributed by atoms with Gasteiger partial charge in [0.15, 0.2) is 0 Å². The Bertz CT molecular complexity index is 376. The third kappa shape index (κ3) is 5.32. The van der Waals surface area contributed by atoms with E-state index in [9.17, 15) is 4.79 Å². The maximum absolute atomic E-state index is 11.7. The summed E-state index contributed by atoms with van der Waals surface area (Å²) in [6, 6.07) is 7.80. The average molecular weight is 249 g/mol. The maximum atomic E-state index is 11.7. The van der Waals surface area contributed by atoms with Gasteiger partial charge in [0, 0.05) is 19.2 Å². The molecule has 0 fully saturated rings. The van der Waals surface area contributed by atoms with Crippen LogP contribution in [0.15, 0.2) is 24.3 Å². The molecule has 0 radical (unpaired) electrons. The first kappa shape index (κ1) is 14.7. The van der Waals surface area contributed by atoms with Crippen LogP contribution in [0.2, 0.25) is 0 Å². The van der Waals surface area contributed by atoms with E-state index >= 15 is 0 Å². The van der Waals surface area contributed by atoms with Crippen LogP contribution in [0, 0.1) is 5.41 Å². The van der Waals surface area contributed by atoms with Crippen LogP contribution in [0.4, 0.5) is 0 Å². The van der Waals surface area contributed by atoms with E-state index in [0.717, 1.165) is 6.42 Å². The minimum Gasteiger partial charge on any atom is -0.383 e. The van der Waals surface area contributed by atoms with E-state index in [2.05, 4.69) is 26.1 Å². The summed E-state index contributed by atoms with van der Waals surface area (Å²) >= 11 is 0. The molecule has 18 heavy (non-hydrogen) atoms. The molecule has 0 saturated carbocycles. The van der Waals surface area contributed by atoms with Gasteiger partial charge < -0.3 is 10.1 Å². The maximum Gasteiger partial charge on any atom is 0.251 e. The highest BCUT2D eigenvalue weighted by molar-refractivity contribution is 5.94. The Kier molecular flexibility index (Phi) is 5.35. The Labute approximate surface area is 110 Å². The van der Waals surface area contributed by atoms with Crippen molar-refractivity contribution >= 4 is 5.91 Å². The Balaban J connectivity index is 2.57. The summed E-state index contributed by atoms with van der Waals surface area (Å²) in [6.07, 6.45) is 1.01. The molecule has 1 N–H and O–H groups in total. The van der Waals surface area contributed by atoms with Crippen LogP contribution in [0.25, 0.3) is 0 Å². The van der Waals surface area contributed by atoms with Gasteiger partial charge in [-0.25, -0.2) is 0 Å². The lowest BCUT2D eigenvalue weighted by molar-refractivity contribution is 0.0937. The van der Waals surface area contributed by atoms with Crippen molar-refractivity contribution in [3.8, 4) is 0 Å². The summed E-state index contributed by atoms with van der Waals surface area (Å²) in [5.41, 5.74) is 2.22. The first-order valence-corrected chi connectivity index (χ1v) is 6.28. The second kappa shape index (κ2) is 6.55. The van der Waals surface area contributed by atoms with E-state index in [0.29, 0.717) is 18.7 Å². The molecule has 100 valence electrons. The number of carbonyl (C=O) groups is 1. The topological polar surface area (TPSA) is 38.3 Å². The van der Waals surface area contributed by atoms with E-state index in [1.807, 2.05) is 24.3 Å². The average Bonchev–Trinajstić information content (AvgIpc) is 2.28. The van der Waals surface area contributed by atoms with Crippen molar-refractivity contribution in [2.75, 3.05) is 20.3 Å². The van der Waals surface area contributed by atoms with Gasteiger partial charge in [0.25, 0.3) is 5.91 Å². The van der Waals surface area contributed by atoms with Gasteiger partial charge in [0.05, 0.1) is 6.61 Å². The standard InChI is InChI=1S/C15H23NO2/c1-15(2,3)11-12-5-7-13(8-6-12)14(17)16-9-10-18-4/h5-8H,9-11H2,1-4H3,(H,16,17). The molecule has 0 saturated heterocycles. The second-order valence-electron chi connectivity index (χ2n) is 5.68. The third-order valence-corrected chi connectivity index (χ3v) is 2.54. The first-order chi connectivity index (χ1) is 8.42. The molecule has 3 heteroatoms. The summed E-state index contributed by atoms with van der Waals surface area (Å²) in [6.45, 7) is 7.70. The fourth-order valence-corrected chi connectivity index (χ4v) is 1.76. The lowest BCUT2D eigenvalue weighted by Gasteiger charge is -2.18. The zero-order valence-electron chi connectivity index (χ0n) is 11.7. The quantitative estimate of drug-likeness (QED) is 0.815. The van der Waals surface area contributed by atoms with E-state index < -0.39 is 0 Å². The predicted molar refractivity (Wildman–Crippen MR) is 73.8 cm³/mol. The Morgan fingerprint density at radius 2 is 1.83 bits per heavy atom. The van der Waals surface area contributed by atoms with E-state index in [1.165, 1.54) is 5.56 Å². The molecule has 0 aliphatic carbocycles. The van der Waals surface area contributed by atoms with Crippen LogP contribution in [-0.4, -0.2) is 26.2 Å². The SMILES string of the molecule is COCCNC(=O)c1ccc(CC(C)(C)C)cc1. The lowest BCUT2D eigenvalue weighted by Crippen LogP contribution is -2.26. The number of hydrogen-bond donors (Lipinski definition) is 1. The molecule has 0 atom stereocenters. The number of ether oxygens (including phenoxy) is 1. The van der Waals surface area contributed by atoms with E-state index in [-0.39, 0.29) is 11.3 Å². The van der Waals surface area contributed by atoms with Crippen LogP contribution >= 0.6 is 0 Å². The van der Waals surface area contributed by atoms with E-state index in [1.54, 1.807) is 7.11 Å². The molecule has 0 aromatic heterocycles. The molecule has 0 unspecified atom stereocenters. The number of hydrogen-bond acceptors (Lipinski definition) is 2. The molecule has 0 spiro atoms. The van der Waals surface area contributed by atoms with Gasteiger partial charge in [-0.05, 0) is 29.5 Å². The molecule has 0 heterocycles. The van der Waals surface area contributed by atoms with Gasteiger partial charge in [-0.3, -0.25) is 4.79 Å². The molecular weight excluding hydrogens is 226 g/mol. The van der Waals surface area contributed by atoms with Crippen LogP contribution in [0.5, 0.6) is 0 Å². The fraction of sp³-hybridized carbons (Fsp3) is 0.533. The summed E-state index contributed by atoms with van der Waals surface area (Å²) in [4.78, 5) is 11.7. The van der Waals surface area contributed by atoms with Crippen molar-refractivity contribution in [3.05, 3.63) is 35.4 Å². The number of nitrogens with one attached hydrogen (secondary N) is 1. The Morgan fingerprint density at radius 3 is 2.33 bits per heavy atom. The van der Waals surface area contributed by atoms with Gasteiger partial charge in [-0.15, -0.1) is 0 Å². The molecule has 0 bridgehead atoms. The third-order valence-electron chi connectivity index (χ3n) is 2.54. The van der Waals surface area contributed by atoms with Crippen molar-refractivity contribution in [1.29, 1.82) is 0 Å². The number of carbonyl (C=O) groups excluding carboxylic acids is 1. The molecule has 3 nitrogen and oxygen atoms in total.